The Labute approximate surface area is 150 Å². The summed E-state index contributed by atoms with van der Waals surface area (Å²) in [7, 11) is 1.72. The van der Waals surface area contributed by atoms with E-state index < -0.39 is 5.92 Å². The predicted molar refractivity (Wildman–Crippen MR) is 96.8 cm³/mol. The van der Waals surface area contributed by atoms with Gasteiger partial charge in [-0.1, -0.05) is 41.4 Å². The summed E-state index contributed by atoms with van der Waals surface area (Å²) in [6.07, 6.45) is 0.166. The summed E-state index contributed by atoms with van der Waals surface area (Å²) in [5.41, 5.74) is 1.35. The van der Waals surface area contributed by atoms with Crippen LogP contribution in [-0.2, 0) is 9.59 Å². The van der Waals surface area contributed by atoms with Crippen molar-refractivity contribution in [3.8, 4) is 0 Å². The number of amides is 2. The molecule has 0 aromatic heterocycles. The normalized spacial score (nSPS) is 17.2. The molecular formula is C18H16Cl2N2O2. The first-order valence-corrected chi connectivity index (χ1v) is 8.31. The van der Waals surface area contributed by atoms with Crippen LogP contribution in [0.4, 0.5) is 11.4 Å². The number of carbonyl (C=O) groups is 2. The number of carbonyl (C=O) groups excluding carboxylic acids is 2. The maximum atomic E-state index is 12.7. The van der Waals surface area contributed by atoms with Crippen molar-refractivity contribution >= 4 is 46.4 Å². The van der Waals surface area contributed by atoms with Crippen molar-refractivity contribution < 1.29 is 9.59 Å². The van der Waals surface area contributed by atoms with E-state index in [1.54, 1.807) is 30.1 Å². The average Bonchev–Trinajstić information content (AvgIpc) is 2.98. The molecule has 2 amide bonds. The lowest BCUT2D eigenvalue weighted by atomic mass is 10.1. The molecule has 0 N–H and O–H groups in total. The number of para-hydroxylation sites is 1. The molecule has 1 saturated heterocycles. The maximum absolute atomic E-state index is 12.7. The number of anilines is 2. The first-order chi connectivity index (χ1) is 11.5. The second-order valence-corrected chi connectivity index (χ2v) is 6.58. The molecule has 0 bridgehead atoms. The van der Waals surface area contributed by atoms with Gasteiger partial charge in [-0.15, -0.1) is 0 Å². The molecule has 24 heavy (non-hydrogen) atoms. The lowest BCUT2D eigenvalue weighted by Gasteiger charge is -2.22. The lowest BCUT2D eigenvalue weighted by molar-refractivity contribution is -0.124. The van der Waals surface area contributed by atoms with Gasteiger partial charge in [-0.05, 0) is 30.3 Å². The maximum Gasteiger partial charge on any atom is 0.232 e. The van der Waals surface area contributed by atoms with E-state index in [1.807, 2.05) is 30.3 Å². The minimum absolute atomic E-state index is 0.0878. The monoisotopic (exact) mass is 362 g/mol. The number of rotatable bonds is 3. The minimum atomic E-state index is -0.405. The Morgan fingerprint density at radius 2 is 1.88 bits per heavy atom. The number of halogens is 2. The van der Waals surface area contributed by atoms with Crippen molar-refractivity contribution in [1.29, 1.82) is 0 Å². The van der Waals surface area contributed by atoms with Gasteiger partial charge < -0.3 is 9.80 Å². The number of benzene rings is 2. The smallest absolute Gasteiger partial charge is 0.232 e. The number of hydrogen-bond donors (Lipinski definition) is 0. The van der Waals surface area contributed by atoms with Gasteiger partial charge in [0.15, 0.2) is 0 Å². The molecule has 3 rings (SSSR count). The number of hydrogen-bond acceptors (Lipinski definition) is 2. The third kappa shape index (κ3) is 3.25. The van der Waals surface area contributed by atoms with Crippen LogP contribution in [-0.4, -0.2) is 25.4 Å². The van der Waals surface area contributed by atoms with E-state index in [2.05, 4.69) is 0 Å². The molecule has 6 heteroatoms. The van der Waals surface area contributed by atoms with Crippen molar-refractivity contribution in [2.45, 2.75) is 6.42 Å². The van der Waals surface area contributed by atoms with Crippen LogP contribution in [0.5, 0.6) is 0 Å². The van der Waals surface area contributed by atoms with E-state index in [4.69, 9.17) is 23.2 Å². The fourth-order valence-electron chi connectivity index (χ4n) is 2.85. The van der Waals surface area contributed by atoms with E-state index in [9.17, 15) is 9.59 Å². The van der Waals surface area contributed by atoms with Crippen LogP contribution in [0, 0.1) is 5.92 Å². The van der Waals surface area contributed by atoms with E-state index in [-0.39, 0.29) is 18.2 Å². The third-order valence-corrected chi connectivity index (χ3v) is 4.70. The van der Waals surface area contributed by atoms with Gasteiger partial charge in [-0.2, -0.15) is 0 Å². The van der Waals surface area contributed by atoms with Crippen molar-refractivity contribution in [2.75, 3.05) is 23.4 Å². The molecule has 2 aromatic rings. The molecule has 1 aliphatic heterocycles. The fraction of sp³-hybridized carbons (Fsp3) is 0.222. The average molecular weight is 363 g/mol. The second-order valence-electron chi connectivity index (χ2n) is 5.73. The molecule has 1 heterocycles. The minimum Gasteiger partial charge on any atom is -0.315 e. The summed E-state index contributed by atoms with van der Waals surface area (Å²) in [5, 5.41) is 0.940. The van der Waals surface area contributed by atoms with E-state index >= 15 is 0 Å². The highest BCUT2D eigenvalue weighted by atomic mass is 35.5. The summed E-state index contributed by atoms with van der Waals surface area (Å²) < 4.78 is 0. The van der Waals surface area contributed by atoms with E-state index in [1.165, 1.54) is 4.90 Å². The van der Waals surface area contributed by atoms with Gasteiger partial charge in [0.25, 0.3) is 0 Å². The Morgan fingerprint density at radius 3 is 2.58 bits per heavy atom. The van der Waals surface area contributed by atoms with Gasteiger partial charge in [0.2, 0.25) is 11.8 Å². The van der Waals surface area contributed by atoms with Crippen LogP contribution in [0.2, 0.25) is 10.0 Å². The Bertz CT molecular complexity index is 780. The molecule has 1 unspecified atom stereocenters. The van der Waals surface area contributed by atoms with Crippen LogP contribution in [0.25, 0.3) is 0 Å². The van der Waals surface area contributed by atoms with Crippen LogP contribution in [0.1, 0.15) is 6.42 Å². The Hall–Kier alpha value is -2.04. The molecule has 0 radical (unpaired) electrons. The second kappa shape index (κ2) is 6.83. The zero-order valence-electron chi connectivity index (χ0n) is 13.1. The van der Waals surface area contributed by atoms with E-state index in [0.717, 1.165) is 5.69 Å². The van der Waals surface area contributed by atoms with Gasteiger partial charge in [0.1, 0.15) is 0 Å². The molecule has 1 aliphatic rings. The first-order valence-electron chi connectivity index (χ1n) is 7.55. The summed E-state index contributed by atoms with van der Waals surface area (Å²) in [4.78, 5) is 28.2. The lowest BCUT2D eigenvalue weighted by Crippen LogP contribution is -2.34. The summed E-state index contributed by atoms with van der Waals surface area (Å²) in [5.74, 6) is -0.619. The van der Waals surface area contributed by atoms with Crippen LogP contribution in [0.3, 0.4) is 0 Å². The molecule has 0 spiro atoms. The molecule has 0 saturated carbocycles. The third-order valence-electron chi connectivity index (χ3n) is 4.15. The zero-order valence-corrected chi connectivity index (χ0v) is 14.6. The molecule has 1 fully saturated rings. The zero-order chi connectivity index (χ0) is 17.3. The largest absolute Gasteiger partial charge is 0.315 e. The van der Waals surface area contributed by atoms with Crippen LogP contribution >= 0.6 is 23.2 Å². The molecule has 0 aliphatic carbocycles. The molecular weight excluding hydrogens is 347 g/mol. The summed E-state index contributed by atoms with van der Waals surface area (Å²) >= 11 is 12.2. The standard InChI is InChI=1S/C18H16Cl2N2O2/c1-21(14-5-3-2-4-6-14)18(24)12-9-17(23)22(11-12)16-10-13(19)7-8-15(16)20/h2-8,10,12H,9,11H2,1H3. The highest BCUT2D eigenvalue weighted by Crippen LogP contribution is 2.34. The van der Waals surface area contributed by atoms with Gasteiger partial charge in [-0.3, -0.25) is 9.59 Å². The Morgan fingerprint density at radius 1 is 1.17 bits per heavy atom. The van der Waals surface area contributed by atoms with Crippen LogP contribution in [0.15, 0.2) is 48.5 Å². The topological polar surface area (TPSA) is 40.6 Å². The molecule has 1 atom stereocenters. The Kier molecular flexibility index (Phi) is 4.78. The summed E-state index contributed by atoms with van der Waals surface area (Å²) in [6, 6.07) is 14.3. The number of nitrogens with zero attached hydrogens (tertiary/aromatic N) is 2. The quantitative estimate of drug-likeness (QED) is 0.827. The van der Waals surface area contributed by atoms with Crippen molar-refractivity contribution in [3.05, 3.63) is 58.6 Å². The van der Waals surface area contributed by atoms with E-state index in [0.29, 0.717) is 22.3 Å². The highest BCUT2D eigenvalue weighted by molar-refractivity contribution is 6.36. The first kappa shape index (κ1) is 16.8. The van der Waals surface area contributed by atoms with Crippen LogP contribution < -0.4 is 9.80 Å². The SMILES string of the molecule is CN(C(=O)C1CC(=O)N(c2cc(Cl)ccc2Cl)C1)c1ccccc1. The summed E-state index contributed by atoms with van der Waals surface area (Å²) in [6.45, 7) is 0.300. The van der Waals surface area contributed by atoms with Gasteiger partial charge >= 0.3 is 0 Å². The molecule has 124 valence electrons. The van der Waals surface area contributed by atoms with Crippen molar-refractivity contribution in [3.63, 3.8) is 0 Å². The fourth-order valence-corrected chi connectivity index (χ4v) is 3.24. The predicted octanol–water partition coefficient (Wildman–Crippen LogP) is 4.01. The van der Waals surface area contributed by atoms with Crippen molar-refractivity contribution in [2.24, 2.45) is 5.92 Å². The van der Waals surface area contributed by atoms with Crippen molar-refractivity contribution in [1.82, 2.24) is 0 Å². The Balaban J connectivity index is 1.79. The highest BCUT2D eigenvalue weighted by Gasteiger charge is 2.37. The van der Waals surface area contributed by atoms with Gasteiger partial charge in [-0.25, -0.2) is 0 Å². The molecule has 4 nitrogen and oxygen atoms in total. The molecule has 2 aromatic carbocycles. The van der Waals surface area contributed by atoms with Gasteiger partial charge in [0.05, 0.1) is 16.6 Å². The van der Waals surface area contributed by atoms with Gasteiger partial charge in [0, 0.05) is 30.7 Å².